The zero-order valence-electron chi connectivity index (χ0n) is 12.4. The molecule has 0 atom stereocenters. The van der Waals surface area contributed by atoms with Gasteiger partial charge in [-0.15, -0.1) is 0 Å². The van der Waals surface area contributed by atoms with Crippen molar-refractivity contribution in [1.29, 1.82) is 0 Å². The molecule has 21 heavy (non-hydrogen) atoms. The number of benzene rings is 1. The van der Waals surface area contributed by atoms with Crippen molar-refractivity contribution >= 4 is 27.7 Å². The molecule has 1 aliphatic carbocycles. The molecule has 1 fully saturated rings. The molecular weight excluding hydrogens is 332 g/mol. The molecule has 0 amide bonds. The van der Waals surface area contributed by atoms with Gasteiger partial charge < -0.3 is 4.74 Å². The van der Waals surface area contributed by atoms with Gasteiger partial charge in [0, 0.05) is 10.0 Å². The Labute approximate surface area is 134 Å². The monoisotopic (exact) mass is 352 g/mol. The average Bonchev–Trinajstić information content (AvgIpc) is 2.75. The molecule has 1 aromatic carbocycles. The summed E-state index contributed by atoms with van der Waals surface area (Å²) in [4.78, 5) is 23.4. The highest BCUT2D eigenvalue weighted by atomic mass is 79.9. The van der Waals surface area contributed by atoms with Gasteiger partial charge in [0.1, 0.15) is 0 Å². The first kappa shape index (κ1) is 16.2. The topological polar surface area (TPSA) is 43.4 Å². The molecule has 2 rings (SSSR count). The minimum absolute atomic E-state index is 0.214. The summed E-state index contributed by atoms with van der Waals surface area (Å²) in [6.45, 7) is 1.90. The summed E-state index contributed by atoms with van der Waals surface area (Å²) in [5, 5.41) is 0. The Hall–Kier alpha value is -1.16. The van der Waals surface area contributed by atoms with Crippen molar-refractivity contribution in [3.63, 3.8) is 0 Å². The Bertz CT molecular complexity index is 517. The molecule has 0 radical (unpaired) electrons. The zero-order valence-corrected chi connectivity index (χ0v) is 13.9. The lowest BCUT2D eigenvalue weighted by molar-refractivity contribution is -0.137. The quantitative estimate of drug-likeness (QED) is 0.343. The van der Waals surface area contributed by atoms with Crippen molar-refractivity contribution in [2.75, 3.05) is 6.61 Å². The number of carbonyl (C=O) groups is 2. The van der Waals surface area contributed by atoms with E-state index in [4.69, 9.17) is 4.74 Å². The fraction of sp³-hybridized carbons (Fsp3) is 0.529. The van der Waals surface area contributed by atoms with E-state index < -0.39 is 11.8 Å². The van der Waals surface area contributed by atoms with Crippen molar-refractivity contribution in [2.24, 2.45) is 0 Å². The predicted octanol–water partition coefficient (Wildman–Crippen LogP) is 4.63. The highest BCUT2D eigenvalue weighted by Crippen LogP contribution is 2.35. The maximum absolute atomic E-state index is 11.9. The minimum atomic E-state index is -0.786. The van der Waals surface area contributed by atoms with Crippen LogP contribution in [0.4, 0.5) is 0 Å². The number of carbonyl (C=O) groups excluding carboxylic acids is 2. The van der Waals surface area contributed by atoms with Crippen LogP contribution in [0.15, 0.2) is 22.7 Å². The van der Waals surface area contributed by atoms with Gasteiger partial charge >= 0.3 is 5.97 Å². The summed E-state index contributed by atoms with van der Waals surface area (Å²) in [6.07, 6.45) is 7.55. The lowest BCUT2D eigenvalue weighted by atomic mass is 9.91. The van der Waals surface area contributed by atoms with E-state index in [-0.39, 0.29) is 6.61 Å². The van der Waals surface area contributed by atoms with Crippen LogP contribution in [0.5, 0.6) is 0 Å². The van der Waals surface area contributed by atoms with E-state index in [1.807, 2.05) is 6.07 Å². The summed E-state index contributed by atoms with van der Waals surface area (Å²) in [7, 11) is 0. The highest BCUT2D eigenvalue weighted by Gasteiger charge is 2.21. The third-order valence-electron chi connectivity index (χ3n) is 4.02. The van der Waals surface area contributed by atoms with Crippen LogP contribution < -0.4 is 0 Å². The predicted molar refractivity (Wildman–Crippen MR) is 85.5 cm³/mol. The third-order valence-corrected chi connectivity index (χ3v) is 4.71. The second-order valence-corrected chi connectivity index (χ2v) is 6.33. The number of halogens is 1. The normalized spacial score (nSPS) is 16.3. The van der Waals surface area contributed by atoms with Crippen molar-refractivity contribution in [3.05, 3.63) is 33.8 Å². The molecule has 0 heterocycles. The first-order chi connectivity index (χ1) is 10.1. The van der Waals surface area contributed by atoms with E-state index in [2.05, 4.69) is 15.9 Å². The molecule has 0 spiro atoms. The van der Waals surface area contributed by atoms with Crippen LogP contribution in [-0.4, -0.2) is 18.4 Å². The number of hydrogen-bond acceptors (Lipinski definition) is 3. The first-order valence-corrected chi connectivity index (χ1v) is 8.43. The molecule has 0 bridgehead atoms. The number of Topliss-reactive ketones (excluding diaryl/α,β-unsaturated/α-hetero) is 1. The van der Waals surface area contributed by atoms with Crippen molar-refractivity contribution in [1.82, 2.24) is 0 Å². The van der Waals surface area contributed by atoms with E-state index in [1.165, 1.54) is 44.1 Å². The molecule has 0 aromatic heterocycles. The van der Waals surface area contributed by atoms with Gasteiger partial charge in [-0.1, -0.05) is 53.7 Å². The molecular formula is C17H21BrO3. The molecule has 1 aromatic rings. The van der Waals surface area contributed by atoms with Gasteiger partial charge in [-0.25, -0.2) is 4.79 Å². The molecule has 0 aliphatic heterocycles. The van der Waals surface area contributed by atoms with Gasteiger partial charge in [0.25, 0.3) is 5.78 Å². The van der Waals surface area contributed by atoms with Gasteiger partial charge in [-0.05, 0) is 37.3 Å². The minimum Gasteiger partial charge on any atom is -0.460 e. The number of ketones is 1. The van der Waals surface area contributed by atoms with Crippen LogP contribution in [0.3, 0.4) is 0 Å². The number of hydrogen-bond donors (Lipinski definition) is 0. The van der Waals surface area contributed by atoms with Gasteiger partial charge in [-0.2, -0.15) is 0 Å². The Morgan fingerprint density at radius 1 is 1.19 bits per heavy atom. The Morgan fingerprint density at radius 3 is 2.43 bits per heavy atom. The molecule has 4 heteroatoms. The molecule has 114 valence electrons. The maximum atomic E-state index is 11.9. The van der Waals surface area contributed by atoms with Crippen LogP contribution in [0.1, 0.15) is 67.3 Å². The molecule has 3 nitrogen and oxygen atoms in total. The number of esters is 1. The summed E-state index contributed by atoms with van der Waals surface area (Å²) >= 11 is 3.56. The molecule has 0 unspecified atom stereocenters. The number of rotatable bonds is 4. The van der Waals surface area contributed by atoms with Crippen LogP contribution in [-0.2, 0) is 9.53 Å². The molecule has 0 N–H and O–H groups in total. The van der Waals surface area contributed by atoms with E-state index in [0.717, 1.165) is 4.47 Å². The van der Waals surface area contributed by atoms with E-state index in [0.29, 0.717) is 11.5 Å². The fourth-order valence-electron chi connectivity index (χ4n) is 2.90. The van der Waals surface area contributed by atoms with Gasteiger partial charge in [0.05, 0.1) is 6.61 Å². The van der Waals surface area contributed by atoms with Gasteiger partial charge in [0.15, 0.2) is 0 Å². The first-order valence-electron chi connectivity index (χ1n) is 7.64. The zero-order chi connectivity index (χ0) is 15.2. The SMILES string of the molecule is CCOC(=O)C(=O)c1ccc(C2CCCCCC2)c(Br)c1. The summed E-state index contributed by atoms with van der Waals surface area (Å²) in [5.41, 5.74) is 1.63. The maximum Gasteiger partial charge on any atom is 0.379 e. The lowest BCUT2D eigenvalue weighted by Gasteiger charge is -2.16. The van der Waals surface area contributed by atoms with Crippen LogP contribution >= 0.6 is 15.9 Å². The number of ether oxygens (including phenoxy) is 1. The van der Waals surface area contributed by atoms with Crippen molar-refractivity contribution in [2.45, 2.75) is 51.4 Å². The Morgan fingerprint density at radius 2 is 1.86 bits per heavy atom. The van der Waals surface area contributed by atoms with Crippen molar-refractivity contribution in [3.8, 4) is 0 Å². The van der Waals surface area contributed by atoms with Gasteiger partial charge in [-0.3, -0.25) is 4.79 Å². The molecule has 0 saturated heterocycles. The standard InChI is InChI=1S/C17H21BrO3/c1-2-21-17(20)16(19)13-9-10-14(15(18)11-13)12-7-5-3-4-6-8-12/h9-12H,2-8H2,1H3. The molecule has 1 aliphatic rings. The molecule has 1 saturated carbocycles. The Kier molecular flexibility index (Phi) is 5.97. The fourth-order valence-corrected chi connectivity index (χ4v) is 3.61. The summed E-state index contributed by atoms with van der Waals surface area (Å²) in [6, 6.07) is 5.47. The highest BCUT2D eigenvalue weighted by molar-refractivity contribution is 9.10. The van der Waals surface area contributed by atoms with Gasteiger partial charge in [0.2, 0.25) is 0 Å². The second-order valence-electron chi connectivity index (χ2n) is 5.47. The second kappa shape index (κ2) is 7.74. The lowest BCUT2D eigenvalue weighted by Crippen LogP contribution is -2.17. The largest absolute Gasteiger partial charge is 0.460 e. The Balaban J connectivity index is 2.16. The third kappa shape index (κ3) is 4.16. The van der Waals surface area contributed by atoms with E-state index in [9.17, 15) is 9.59 Å². The van der Waals surface area contributed by atoms with Crippen LogP contribution in [0.25, 0.3) is 0 Å². The van der Waals surface area contributed by atoms with E-state index in [1.54, 1.807) is 19.1 Å². The summed E-state index contributed by atoms with van der Waals surface area (Å²) in [5.74, 6) is -0.815. The van der Waals surface area contributed by atoms with Crippen LogP contribution in [0.2, 0.25) is 0 Å². The average molecular weight is 353 g/mol. The summed E-state index contributed by atoms with van der Waals surface area (Å²) < 4.78 is 5.68. The smallest absolute Gasteiger partial charge is 0.379 e. The van der Waals surface area contributed by atoms with Crippen LogP contribution in [0, 0.1) is 0 Å². The van der Waals surface area contributed by atoms with E-state index >= 15 is 0 Å². The van der Waals surface area contributed by atoms with Crippen molar-refractivity contribution < 1.29 is 14.3 Å².